The van der Waals surface area contributed by atoms with Gasteiger partial charge in [-0.2, -0.15) is 0 Å². The van der Waals surface area contributed by atoms with Gasteiger partial charge in [0.2, 0.25) is 5.91 Å². The third kappa shape index (κ3) is 4.17. The Morgan fingerprint density at radius 1 is 1.10 bits per heavy atom. The second kappa shape index (κ2) is 8.37. The number of ether oxygens (including phenoxy) is 1. The predicted octanol–water partition coefficient (Wildman–Crippen LogP) is 4.20. The summed E-state index contributed by atoms with van der Waals surface area (Å²) in [6.07, 6.45) is 5.43. The lowest BCUT2D eigenvalue weighted by atomic mass is 9.88. The Labute approximate surface area is 175 Å². The molecule has 1 aromatic heterocycles. The summed E-state index contributed by atoms with van der Waals surface area (Å²) >= 11 is 0. The molecule has 1 aliphatic carbocycles. The largest absolute Gasteiger partial charge is 0.484 e. The van der Waals surface area contributed by atoms with Crippen LogP contribution in [0.15, 0.2) is 60.9 Å². The van der Waals surface area contributed by atoms with Crippen LogP contribution in [0.4, 0.5) is 5.69 Å². The maximum Gasteiger partial charge on any atom is 0.255 e. The molecule has 6 heteroatoms. The van der Waals surface area contributed by atoms with E-state index in [0.29, 0.717) is 16.9 Å². The molecule has 0 radical (unpaired) electrons. The number of primary amides is 1. The highest BCUT2D eigenvalue weighted by Crippen LogP contribution is 2.37. The summed E-state index contributed by atoms with van der Waals surface area (Å²) in [6, 6.07) is 15.0. The van der Waals surface area contributed by atoms with E-state index in [1.165, 1.54) is 6.20 Å². The molecule has 0 aliphatic heterocycles. The van der Waals surface area contributed by atoms with Crippen molar-refractivity contribution in [2.45, 2.75) is 32.3 Å². The molecular weight excluding hydrogens is 378 g/mol. The van der Waals surface area contributed by atoms with E-state index in [1.807, 2.05) is 49.4 Å². The molecule has 0 bridgehead atoms. The summed E-state index contributed by atoms with van der Waals surface area (Å²) < 4.78 is 6.15. The first kappa shape index (κ1) is 19.6. The summed E-state index contributed by atoms with van der Waals surface area (Å²) in [4.78, 5) is 28.1. The highest BCUT2D eigenvalue weighted by molar-refractivity contribution is 6.04. The number of hydrogen-bond donors (Lipinski definition) is 2. The van der Waals surface area contributed by atoms with Crippen LogP contribution >= 0.6 is 0 Å². The Morgan fingerprint density at radius 3 is 2.67 bits per heavy atom. The van der Waals surface area contributed by atoms with E-state index >= 15 is 0 Å². The first-order valence-electron chi connectivity index (χ1n) is 9.92. The minimum Gasteiger partial charge on any atom is -0.484 e. The number of anilines is 1. The van der Waals surface area contributed by atoms with Crippen molar-refractivity contribution >= 4 is 17.5 Å². The summed E-state index contributed by atoms with van der Waals surface area (Å²) in [6.45, 7) is 1.99. The van der Waals surface area contributed by atoms with E-state index in [1.54, 1.807) is 12.3 Å². The molecule has 2 aromatic carbocycles. The number of carbonyl (C=O) groups excluding carboxylic acids is 2. The molecule has 1 aliphatic rings. The van der Waals surface area contributed by atoms with Gasteiger partial charge in [-0.15, -0.1) is 0 Å². The van der Waals surface area contributed by atoms with Gasteiger partial charge >= 0.3 is 0 Å². The fourth-order valence-corrected chi connectivity index (χ4v) is 3.73. The fraction of sp³-hybridized carbons (Fsp3) is 0.208. The SMILES string of the molecule is Cc1ccc(C(=O)Nc2cccc3c2CCCC3Oc2cncc(C(N)=O)c2)cc1. The van der Waals surface area contributed by atoms with Gasteiger partial charge < -0.3 is 15.8 Å². The average Bonchev–Trinajstić information content (AvgIpc) is 2.75. The molecule has 6 nitrogen and oxygen atoms in total. The number of aryl methyl sites for hydroxylation is 1. The number of nitrogens with zero attached hydrogens (tertiary/aromatic N) is 1. The lowest BCUT2D eigenvalue weighted by molar-refractivity contribution is 0.0996. The van der Waals surface area contributed by atoms with Crippen LogP contribution in [-0.4, -0.2) is 16.8 Å². The van der Waals surface area contributed by atoms with Gasteiger partial charge in [-0.25, -0.2) is 0 Å². The number of hydrogen-bond acceptors (Lipinski definition) is 4. The molecule has 0 saturated carbocycles. The quantitative estimate of drug-likeness (QED) is 0.670. The number of rotatable bonds is 5. The van der Waals surface area contributed by atoms with Crippen LogP contribution in [0.1, 0.15) is 56.4 Å². The van der Waals surface area contributed by atoms with Gasteiger partial charge in [-0.1, -0.05) is 29.8 Å². The molecule has 1 heterocycles. The van der Waals surface area contributed by atoms with Gasteiger partial charge in [-0.05, 0) is 61.6 Å². The summed E-state index contributed by atoms with van der Waals surface area (Å²) in [5, 5.41) is 3.05. The number of carbonyl (C=O) groups is 2. The molecular formula is C24H23N3O3. The molecule has 0 saturated heterocycles. The van der Waals surface area contributed by atoms with Gasteiger partial charge in [-0.3, -0.25) is 14.6 Å². The Kier molecular flexibility index (Phi) is 5.48. The van der Waals surface area contributed by atoms with Crippen LogP contribution in [0.3, 0.4) is 0 Å². The van der Waals surface area contributed by atoms with E-state index in [4.69, 9.17) is 10.5 Å². The zero-order chi connectivity index (χ0) is 21.1. The molecule has 4 rings (SSSR count). The Bertz CT molecular complexity index is 1090. The lowest BCUT2D eigenvalue weighted by Crippen LogP contribution is -2.19. The molecule has 0 fully saturated rings. The average molecular weight is 401 g/mol. The minimum atomic E-state index is -0.543. The van der Waals surface area contributed by atoms with Crippen LogP contribution in [0.5, 0.6) is 5.75 Å². The van der Waals surface area contributed by atoms with Gasteiger partial charge in [0, 0.05) is 17.4 Å². The van der Waals surface area contributed by atoms with E-state index in [9.17, 15) is 9.59 Å². The Morgan fingerprint density at radius 2 is 1.90 bits per heavy atom. The van der Waals surface area contributed by atoms with E-state index in [0.717, 1.165) is 41.6 Å². The van der Waals surface area contributed by atoms with Crippen molar-refractivity contribution in [1.82, 2.24) is 4.98 Å². The zero-order valence-corrected chi connectivity index (χ0v) is 16.7. The molecule has 0 spiro atoms. The maximum atomic E-state index is 12.7. The number of benzene rings is 2. The zero-order valence-electron chi connectivity index (χ0n) is 16.7. The second-order valence-electron chi connectivity index (χ2n) is 7.47. The minimum absolute atomic E-state index is 0.134. The molecule has 3 aromatic rings. The summed E-state index contributed by atoms with van der Waals surface area (Å²) in [5.41, 5.74) is 10.3. The standard InChI is InChI=1S/C24H23N3O3/c1-15-8-10-16(11-9-15)24(29)27-21-6-2-5-20-19(21)4-3-7-22(20)30-18-12-17(23(25)28)13-26-14-18/h2,5-6,8-14,22H,3-4,7H2,1H3,(H2,25,28)(H,27,29). The summed E-state index contributed by atoms with van der Waals surface area (Å²) in [7, 11) is 0. The van der Waals surface area contributed by atoms with Gasteiger partial charge in [0.05, 0.1) is 11.8 Å². The molecule has 1 unspecified atom stereocenters. The molecule has 1 atom stereocenters. The van der Waals surface area contributed by atoms with Crippen LogP contribution in [0.2, 0.25) is 0 Å². The third-order valence-corrected chi connectivity index (χ3v) is 5.29. The van der Waals surface area contributed by atoms with E-state index in [2.05, 4.69) is 10.3 Å². The fourth-order valence-electron chi connectivity index (χ4n) is 3.73. The monoisotopic (exact) mass is 401 g/mol. The smallest absolute Gasteiger partial charge is 0.255 e. The van der Waals surface area contributed by atoms with Crippen molar-refractivity contribution in [3.63, 3.8) is 0 Å². The third-order valence-electron chi connectivity index (χ3n) is 5.29. The lowest BCUT2D eigenvalue weighted by Gasteiger charge is -2.28. The first-order valence-corrected chi connectivity index (χ1v) is 9.92. The Hall–Kier alpha value is -3.67. The molecule has 2 amide bonds. The van der Waals surface area contributed by atoms with Crippen molar-refractivity contribution in [2.24, 2.45) is 5.73 Å². The number of aromatic nitrogens is 1. The normalized spacial score (nSPS) is 15.2. The van der Waals surface area contributed by atoms with Gasteiger partial charge in [0.1, 0.15) is 11.9 Å². The van der Waals surface area contributed by atoms with Crippen molar-refractivity contribution in [3.8, 4) is 5.75 Å². The number of fused-ring (bicyclic) bond motifs is 1. The highest BCUT2D eigenvalue weighted by atomic mass is 16.5. The maximum absolute atomic E-state index is 12.7. The van der Waals surface area contributed by atoms with Gasteiger partial charge in [0.25, 0.3) is 5.91 Å². The van der Waals surface area contributed by atoms with Crippen molar-refractivity contribution in [1.29, 1.82) is 0 Å². The summed E-state index contributed by atoms with van der Waals surface area (Å²) in [5.74, 6) is -0.179. The molecule has 30 heavy (non-hydrogen) atoms. The van der Waals surface area contributed by atoms with Crippen LogP contribution in [0, 0.1) is 6.92 Å². The van der Waals surface area contributed by atoms with Crippen molar-refractivity contribution in [2.75, 3.05) is 5.32 Å². The van der Waals surface area contributed by atoms with Crippen LogP contribution < -0.4 is 15.8 Å². The highest BCUT2D eigenvalue weighted by Gasteiger charge is 2.25. The number of nitrogens with one attached hydrogen (secondary N) is 1. The van der Waals surface area contributed by atoms with Crippen LogP contribution in [-0.2, 0) is 6.42 Å². The Balaban J connectivity index is 1.57. The van der Waals surface area contributed by atoms with Gasteiger partial charge in [0.15, 0.2) is 0 Å². The second-order valence-corrected chi connectivity index (χ2v) is 7.47. The van der Waals surface area contributed by atoms with Crippen LogP contribution in [0.25, 0.3) is 0 Å². The topological polar surface area (TPSA) is 94.3 Å². The number of nitrogens with two attached hydrogens (primary N) is 1. The van der Waals surface area contributed by atoms with E-state index < -0.39 is 5.91 Å². The number of amides is 2. The predicted molar refractivity (Wildman–Crippen MR) is 115 cm³/mol. The van der Waals surface area contributed by atoms with Crippen molar-refractivity contribution in [3.05, 3.63) is 88.7 Å². The molecule has 152 valence electrons. The molecule has 3 N–H and O–H groups in total. The first-order chi connectivity index (χ1) is 14.5. The van der Waals surface area contributed by atoms with Crippen molar-refractivity contribution < 1.29 is 14.3 Å². The van der Waals surface area contributed by atoms with E-state index in [-0.39, 0.29) is 12.0 Å². The number of pyridine rings is 1.